The first-order valence-corrected chi connectivity index (χ1v) is 19.6. The highest BCUT2D eigenvalue weighted by Gasteiger charge is 2.57. The lowest BCUT2D eigenvalue weighted by Gasteiger charge is -2.51. The molecule has 0 bridgehead atoms. The minimum Gasteiger partial charge on any atom is -0.394 e. The van der Waals surface area contributed by atoms with Crippen LogP contribution in [0.5, 0.6) is 0 Å². The van der Waals surface area contributed by atoms with Crippen molar-refractivity contribution in [2.24, 2.45) is 0 Å². The second kappa shape index (κ2) is 20.8. The molecule has 10 unspecified atom stereocenters. The van der Waals surface area contributed by atoms with Crippen LogP contribution in [-0.2, 0) is 52.2 Å². The van der Waals surface area contributed by atoms with E-state index in [2.05, 4.69) is 5.32 Å². The van der Waals surface area contributed by atoms with Crippen LogP contribution in [0.2, 0.25) is 0 Å². The molecule has 0 aromatic rings. The average molecular weight is 864 g/mol. The van der Waals surface area contributed by atoms with E-state index in [9.17, 15) is 66.1 Å². The van der Waals surface area contributed by atoms with Crippen molar-refractivity contribution < 1.29 is 113 Å². The largest absolute Gasteiger partial charge is 0.394 e. The van der Waals surface area contributed by atoms with Crippen LogP contribution in [0.4, 0.5) is 0 Å². The quantitative estimate of drug-likeness (QED) is 0.0771. The first kappa shape index (κ1) is 48.6. The molecule has 1 amide bonds. The first-order chi connectivity index (χ1) is 27.8. The predicted octanol–water partition coefficient (Wildman–Crippen LogP) is -7.26. The molecule has 24 nitrogen and oxygen atoms in total. The highest BCUT2D eigenvalue weighted by Crippen LogP contribution is 2.36. The van der Waals surface area contributed by atoms with Gasteiger partial charge in [-0.05, 0) is 27.2 Å². The molecule has 24 heteroatoms. The van der Waals surface area contributed by atoms with Crippen molar-refractivity contribution in [2.75, 3.05) is 19.8 Å². The standard InChI is InChI=1S/C35H61NO23/c1-6-7-50-35-30(29(19(42)12(4)53-35)58-33-25(48)23(46)20(43)14(8-37)55-33)59-31-16(36-13(5)39)27(21(44)15(9-38)54-31)56-34-26(49)28(18(41)11(3)52-34)57-32-24(47)22(45)17(40)10(2)51-32/h10-12,14-35,37-38,40-49H,6-9H2,1-5H3,(H,36,39)/t10?,11?,12?,14-,15?,16-,17+,18+,19+,20-,21+,22-,23?,24?,25?,26?,27?,28-,29-,30?,31+,32+,33-,34+,35-/m1/s1. The summed E-state index contributed by atoms with van der Waals surface area (Å²) in [6, 6.07) is -1.56. The smallest absolute Gasteiger partial charge is 0.217 e. The Bertz CT molecular complexity index is 1320. The van der Waals surface area contributed by atoms with Crippen molar-refractivity contribution in [2.45, 2.75) is 195 Å². The fraction of sp³-hybridized carbons (Fsp3) is 0.971. The van der Waals surface area contributed by atoms with Crippen molar-refractivity contribution in [3.05, 3.63) is 0 Å². The van der Waals surface area contributed by atoms with E-state index in [1.807, 2.05) is 0 Å². The summed E-state index contributed by atoms with van der Waals surface area (Å²) >= 11 is 0. The summed E-state index contributed by atoms with van der Waals surface area (Å²) in [6.45, 7) is 5.59. The highest BCUT2D eigenvalue weighted by molar-refractivity contribution is 5.73. The molecule has 5 rings (SSSR count). The topological polar surface area (TPSA) is 364 Å². The van der Waals surface area contributed by atoms with E-state index in [0.717, 1.165) is 6.92 Å². The third kappa shape index (κ3) is 10.5. The van der Waals surface area contributed by atoms with Crippen molar-refractivity contribution >= 4 is 5.91 Å². The van der Waals surface area contributed by atoms with Crippen molar-refractivity contribution in [1.82, 2.24) is 5.32 Å². The maximum absolute atomic E-state index is 12.7. The van der Waals surface area contributed by atoms with Crippen molar-refractivity contribution in [1.29, 1.82) is 0 Å². The number of aliphatic hydroxyl groups is 12. The van der Waals surface area contributed by atoms with Crippen LogP contribution in [0.3, 0.4) is 0 Å². The molecule has 0 spiro atoms. The molecule has 5 aliphatic heterocycles. The van der Waals surface area contributed by atoms with Gasteiger partial charge in [-0.25, -0.2) is 0 Å². The van der Waals surface area contributed by atoms with Crippen LogP contribution in [0.25, 0.3) is 0 Å². The Morgan fingerprint density at radius 3 is 1.51 bits per heavy atom. The minimum atomic E-state index is -1.93. The zero-order valence-corrected chi connectivity index (χ0v) is 33.1. The third-order valence-corrected chi connectivity index (χ3v) is 11.1. The van der Waals surface area contributed by atoms with Crippen molar-refractivity contribution in [3.63, 3.8) is 0 Å². The fourth-order valence-electron chi connectivity index (χ4n) is 7.58. The third-order valence-electron chi connectivity index (χ3n) is 11.1. The molecule has 5 fully saturated rings. The Morgan fingerprint density at radius 1 is 0.492 bits per heavy atom. The van der Waals surface area contributed by atoms with Crippen LogP contribution < -0.4 is 5.32 Å². The summed E-state index contributed by atoms with van der Waals surface area (Å²) in [5.41, 5.74) is 0. The van der Waals surface area contributed by atoms with E-state index < -0.39 is 173 Å². The van der Waals surface area contributed by atoms with Crippen LogP contribution in [0.15, 0.2) is 0 Å². The molecule has 0 aliphatic carbocycles. The maximum atomic E-state index is 12.7. The van der Waals surface area contributed by atoms with Gasteiger partial charge < -0.3 is 114 Å². The predicted molar refractivity (Wildman–Crippen MR) is 188 cm³/mol. The molecule has 13 N–H and O–H groups in total. The molecule has 0 saturated carbocycles. The van der Waals surface area contributed by atoms with E-state index in [1.165, 1.54) is 20.8 Å². The lowest BCUT2D eigenvalue weighted by atomic mass is 9.94. The zero-order valence-electron chi connectivity index (χ0n) is 33.1. The monoisotopic (exact) mass is 863 g/mol. The van der Waals surface area contributed by atoms with Crippen molar-refractivity contribution in [3.8, 4) is 0 Å². The van der Waals surface area contributed by atoms with Gasteiger partial charge in [0.1, 0.15) is 104 Å². The molecule has 5 heterocycles. The number of hydrogen-bond donors (Lipinski definition) is 13. The lowest BCUT2D eigenvalue weighted by Crippen LogP contribution is -2.70. The minimum absolute atomic E-state index is 0.0794. The van der Waals surface area contributed by atoms with Crippen LogP contribution >= 0.6 is 0 Å². The summed E-state index contributed by atoms with van der Waals surface area (Å²) in [5, 5.41) is 131. The molecule has 25 atom stereocenters. The molecule has 0 aromatic heterocycles. The van der Waals surface area contributed by atoms with E-state index in [1.54, 1.807) is 6.92 Å². The number of nitrogens with one attached hydrogen (secondary N) is 1. The van der Waals surface area contributed by atoms with Crippen LogP contribution in [-0.4, -0.2) is 240 Å². The number of carbonyl (C=O) groups excluding carboxylic acids is 1. The highest BCUT2D eigenvalue weighted by atomic mass is 16.8. The molecule has 0 radical (unpaired) electrons. The van der Waals surface area contributed by atoms with Crippen LogP contribution in [0, 0.1) is 0 Å². The van der Waals surface area contributed by atoms with Gasteiger partial charge in [0.15, 0.2) is 31.5 Å². The number of hydrogen-bond acceptors (Lipinski definition) is 23. The summed E-state index contributed by atoms with van der Waals surface area (Å²) in [5.74, 6) is -0.717. The Balaban J connectivity index is 1.44. The van der Waals surface area contributed by atoms with E-state index in [-0.39, 0.29) is 6.61 Å². The normalized spacial score (nSPS) is 51.0. The number of rotatable bonds is 14. The Labute approximate surface area is 338 Å². The van der Waals surface area contributed by atoms with Gasteiger partial charge in [0.2, 0.25) is 5.91 Å². The van der Waals surface area contributed by atoms with Gasteiger partial charge in [0, 0.05) is 13.5 Å². The zero-order chi connectivity index (χ0) is 43.6. The average Bonchev–Trinajstić information content (AvgIpc) is 3.20. The summed E-state index contributed by atoms with van der Waals surface area (Å²) < 4.78 is 58.8. The SMILES string of the molecule is CCCO[C@@H]1OC(C)[C@H](O)[C@@H](O[C@H]2O[C@H](CO)[C@@H](O)C(O)C2O)C1O[C@@H]1OC(CO)[C@H](O)C(O[C@@H]2OC(C)[C@H](O)[C@@H](O[C@@H]3OC(C)[C@H](O)[C@@H](O)C3O)C2O)[C@H]1NC(C)=O. The summed E-state index contributed by atoms with van der Waals surface area (Å²) in [4.78, 5) is 12.7. The molecule has 344 valence electrons. The molecular weight excluding hydrogens is 802 g/mol. The van der Waals surface area contributed by atoms with Gasteiger partial charge in [0.05, 0.1) is 31.5 Å². The van der Waals surface area contributed by atoms with Crippen LogP contribution in [0.1, 0.15) is 41.0 Å². The van der Waals surface area contributed by atoms with Gasteiger partial charge >= 0.3 is 0 Å². The molecule has 0 aromatic carbocycles. The first-order valence-electron chi connectivity index (χ1n) is 19.6. The summed E-state index contributed by atoms with van der Waals surface area (Å²) in [6.07, 6.45) is -37.9. The number of carbonyl (C=O) groups is 1. The molecule has 5 aliphatic rings. The Morgan fingerprint density at radius 2 is 0.932 bits per heavy atom. The van der Waals surface area contributed by atoms with Gasteiger partial charge in [-0.2, -0.15) is 0 Å². The molecule has 5 saturated heterocycles. The van der Waals surface area contributed by atoms with Gasteiger partial charge in [-0.1, -0.05) is 6.92 Å². The second-order valence-electron chi connectivity index (χ2n) is 15.5. The Kier molecular flexibility index (Phi) is 17.2. The fourth-order valence-corrected chi connectivity index (χ4v) is 7.58. The van der Waals surface area contributed by atoms with Gasteiger partial charge in [-0.15, -0.1) is 0 Å². The molecule has 59 heavy (non-hydrogen) atoms. The number of ether oxygens (including phenoxy) is 10. The maximum Gasteiger partial charge on any atom is 0.217 e. The number of aliphatic hydroxyl groups excluding tert-OH is 12. The summed E-state index contributed by atoms with van der Waals surface area (Å²) in [7, 11) is 0. The van der Waals surface area contributed by atoms with E-state index >= 15 is 0 Å². The lowest BCUT2D eigenvalue weighted by molar-refractivity contribution is -0.391. The Hall–Kier alpha value is -1.41. The van der Waals surface area contributed by atoms with Gasteiger partial charge in [-0.3, -0.25) is 4.79 Å². The van der Waals surface area contributed by atoms with E-state index in [4.69, 9.17) is 47.4 Å². The second-order valence-corrected chi connectivity index (χ2v) is 15.5. The van der Waals surface area contributed by atoms with Gasteiger partial charge in [0.25, 0.3) is 0 Å². The molecular formula is C35H61NO23. The van der Waals surface area contributed by atoms with E-state index in [0.29, 0.717) is 6.42 Å². The number of amides is 1.